The van der Waals surface area contributed by atoms with Crippen molar-refractivity contribution in [2.24, 2.45) is 0 Å². The highest BCUT2D eigenvalue weighted by Crippen LogP contribution is 2.31. The number of pyridine rings is 1. The summed E-state index contributed by atoms with van der Waals surface area (Å²) in [6, 6.07) is 2.74. The molecule has 4 heterocycles. The minimum absolute atomic E-state index is 0.0877. The summed E-state index contributed by atoms with van der Waals surface area (Å²) in [5.74, 6) is -0.744. The first-order chi connectivity index (χ1) is 14.0. The van der Waals surface area contributed by atoms with Crippen molar-refractivity contribution in [2.75, 3.05) is 31.6 Å². The lowest BCUT2D eigenvalue weighted by Gasteiger charge is -2.37. The SMILES string of the molecule is O=C(Nc1nc(CCC(=O)N2CCC3(CC2)OCCO3)cs1)c1ccc(=O)[nH]c1. The van der Waals surface area contributed by atoms with Gasteiger partial charge in [0.2, 0.25) is 11.5 Å². The molecule has 2 N–H and O–H groups in total. The van der Waals surface area contributed by atoms with Crippen molar-refractivity contribution in [3.05, 3.63) is 45.3 Å². The zero-order chi connectivity index (χ0) is 20.3. The first-order valence-electron chi connectivity index (χ1n) is 9.53. The molecule has 0 atom stereocenters. The van der Waals surface area contributed by atoms with Crippen molar-refractivity contribution in [1.82, 2.24) is 14.9 Å². The zero-order valence-corrected chi connectivity index (χ0v) is 16.6. The molecule has 1 spiro atoms. The van der Waals surface area contributed by atoms with Crippen LogP contribution in [0.2, 0.25) is 0 Å². The molecule has 0 bridgehead atoms. The van der Waals surface area contributed by atoms with Crippen LogP contribution in [0.3, 0.4) is 0 Å². The molecule has 154 valence electrons. The molecule has 2 amide bonds. The van der Waals surface area contributed by atoms with E-state index in [0.717, 1.165) is 5.69 Å². The standard InChI is InChI=1S/C19H22N4O5S/c24-15-3-1-13(11-20-15)17(26)22-18-21-14(12-29-18)2-4-16(25)23-7-5-19(6-8-23)27-9-10-28-19/h1,3,11-12H,2,4-10H2,(H,20,24)(H,21,22,26). The van der Waals surface area contributed by atoms with Gasteiger partial charge in [0.05, 0.1) is 24.5 Å². The number of amides is 2. The second kappa shape index (κ2) is 8.44. The highest BCUT2D eigenvalue weighted by Gasteiger charge is 2.40. The quantitative estimate of drug-likeness (QED) is 0.758. The van der Waals surface area contributed by atoms with E-state index in [1.54, 1.807) is 0 Å². The number of nitrogens with zero attached hydrogens (tertiary/aromatic N) is 2. The minimum atomic E-state index is -0.482. The Labute approximate surface area is 171 Å². The Kier molecular flexibility index (Phi) is 5.74. The third-order valence-electron chi connectivity index (χ3n) is 5.11. The molecule has 0 saturated carbocycles. The number of hydrogen-bond donors (Lipinski definition) is 2. The van der Waals surface area contributed by atoms with Gasteiger partial charge < -0.3 is 19.4 Å². The van der Waals surface area contributed by atoms with Gasteiger partial charge in [-0.15, -0.1) is 11.3 Å². The number of carbonyl (C=O) groups is 2. The number of likely N-dealkylation sites (tertiary alicyclic amines) is 1. The van der Waals surface area contributed by atoms with E-state index in [2.05, 4.69) is 15.3 Å². The van der Waals surface area contributed by atoms with Gasteiger partial charge in [0.25, 0.3) is 5.91 Å². The molecule has 0 radical (unpaired) electrons. The van der Waals surface area contributed by atoms with Crippen LogP contribution in [0.25, 0.3) is 0 Å². The normalized spacial score (nSPS) is 18.1. The summed E-state index contributed by atoms with van der Waals surface area (Å²) >= 11 is 1.30. The fourth-order valence-corrected chi connectivity index (χ4v) is 4.22. The van der Waals surface area contributed by atoms with Gasteiger partial charge in [-0.25, -0.2) is 4.98 Å². The Hall–Kier alpha value is -2.56. The van der Waals surface area contributed by atoms with Crippen molar-refractivity contribution in [3.63, 3.8) is 0 Å². The molecule has 10 heteroatoms. The molecule has 9 nitrogen and oxygen atoms in total. The summed E-state index contributed by atoms with van der Waals surface area (Å²) in [5, 5.41) is 4.99. The predicted molar refractivity (Wildman–Crippen MR) is 106 cm³/mol. The predicted octanol–water partition coefficient (Wildman–Crippen LogP) is 1.38. The molecular formula is C19H22N4O5S. The Morgan fingerprint density at radius 3 is 2.69 bits per heavy atom. The number of aromatic nitrogens is 2. The number of aryl methyl sites for hydroxylation is 1. The van der Waals surface area contributed by atoms with E-state index in [4.69, 9.17) is 9.47 Å². The third kappa shape index (κ3) is 4.72. The Morgan fingerprint density at radius 2 is 2.00 bits per heavy atom. The molecule has 2 aromatic rings. The van der Waals surface area contributed by atoms with E-state index in [9.17, 15) is 14.4 Å². The lowest BCUT2D eigenvalue weighted by molar-refractivity contribution is -0.187. The molecule has 0 unspecified atom stereocenters. The van der Waals surface area contributed by atoms with Crippen LogP contribution in [0.5, 0.6) is 0 Å². The number of aromatic amines is 1. The number of carbonyl (C=O) groups excluding carboxylic acids is 2. The van der Waals surface area contributed by atoms with Crippen molar-refractivity contribution < 1.29 is 19.1 Å². The van der Waals surface area contributed by atoms with Gasteiger partial charge in [-0.3, -0.25) is 19.7 Å². The molecule has 2 aromatic heterocycles. The molecular weight excluding hydrogens is 396 g/mol. The number of ether oxygens (including phenoxy) is 2. The molecule has 0 aromatic carbocycles. The lowest BCUT2D eigenvalue weighted by Crippen LogP contribution is -2.47. The first kappa shape index (κ1) is 19.7. The van der Waals surface area contributed by atoms with E-state index < -0.39 is 5.79 Å². The molecule has 29 heavy (non-hydrogen) atoms. The second-order valence-corrected chi connectivity index (χ2v) is 7.89. The van der Waals surface area contributed by atoms with Crippen LogP contribution in [0.15, 0.2) is 28.5 Å². The molecule has 2 aliphatic heterocycles. The average molecular weight is 418 g/mol. The van der Waals surface area contributed by atoms with Crippen LogP contribution in [0, 0.1) is 0 Å². The highest BCUT2D eigenvalue weighted by molar-refractivity contribution is 7.14. The average Bonchev–Trinajstić information content (AvgIpc) is 3.37. The van der Waals surface area contributed by atoms with Crippen LogP contribution in [-0.2, 0) is 20.7 Å². The van der Waals surface area contributed by atoms with Crippen LogP contribution in [-0.4, -0.2) is 58.8 Å². The number of thiazole rings is 1. The van der Waals surface area contributed by atoms with Gasteiger partial charge in [-0.05, 0) is 12.5 Å². The van der Waals surface area contributed by atoms with Gasteiger partial charge in [0.15, 0.2) is 10.9 Å². The van der Waals surface area contributed by atoms with Crippen molar-refractivity contribution in [1.29, 1.82) is 0 Å². The van der Waals surface area contributed by atoms with Crippen molar-refractivity contribution in [2.45, 2.75) is 31.5 Å². The Morgan fingerprint density at radius 1 is 1.24 bits per heavy atom. The van der Waals surface area contributed by atoms with Gasteiger partial charge in [-0.1, -0.05) is 0 Å². The van der Waals surface area contributed by atoms with E-state index in [1.807, 2.05) is 10.3 Å². The maximum atomic E-state index is 12.5. The van der Waals surface area contributed by atoms with Crippen LogP contribution >= 0.6 is 11.3 Å². The minimum Gasteiger partial charge on any atom is -0.347 e. The third-order valence-corrected chi connectivity index (χ3v) is 5.91. The highest BCUT2D eigenvalue weighted by atomic mass is 32.1. The van der Waals surface area contributed by atoms with Crippen LogP contribution in [0.4, 0.5) is 5.13 Å². The first-order valence-corrected chi connectivity index (χ1v) is 10.4. The van der Waals surface area contributed by atoms with Crippen LogP contribution in [0.1, 0.15) is 35.3 Å². The Balaban J connectivity index is 1.25. The van der Waals surface area contributed by atoms with Gasteiger partial charge >= 0.3 is 0 Å². The molecule has 2 saturated heterocycles. The molecule has 2 aliphatic rings. The van der Waals surface area contributed by atoms with Gasteiger partial charge in [0, 0.05) is 50.0 Å². The molecule has 0 aliphatic carbocycles. The maximum absolute atomic E-state index is 12.5. The smallest absolute Gasteiger partial charge is 0.258 e. The molecule has 2 fully saturated rings. The number of nitrogens with one attached hydrogen (secondary N) is 2. The fourth-order valence-electron chi connectivity index (χ4n) is 3.48. The van der Waals surface area contributed by atoms with Gasteiger partial charge in [0.1, 0.15) is 0 Å². The number of anilines is 1. The Bertz CT molecular complexity index is 920. The van der Waals surface area contributed by atoms with Crippen molar-refractivity contribution in [3.8, 4) is 0 Å². The van der Waals surface area contributed by atoms with E-state index in [0.29, 0.717) is 62.7 Å². The summed E-state index contributed by atoms with van der Waals surface area (Å²) in [4.78, 5) is 44.4. The summed E-state index contributed by atoms with van der Waals surface area (Å²) < 4.78 is 11.4. The summed E-state index contributed by atoms with van der Waals surface area (Å²) in [5.41, 5.74) is 0.834. The fraction of sp³-hybridized carbons (Fsp3) is 0.474. The second-order valence-electron chi connectivity index (χ2n) is 7.03. The summed E-state index contributed by atoms with van der Waals surface area (Å²) in [6.07, 6.45) is 3.65. The number of H-pyrrole nitrogens is 1. The number of hydrogen-bond acceptors (Lipinski definition) is 7. The van der Waals surface area contributed by atoms with E-state index >= 15 is 0 Å². The lowest BCUT2D eigenvalue weighted by atomic mass is 10.0. The maximum Gasteiger partial charge on any atom is 0.258 e. The number of rotatable bonds is 5. The van der Waals surface area contributed by atoms with Crippen LogP contribution < -0.4 is 10.9 Å². The van der Waals surface area contributed by atoms with E-state index in [1.165, 1.54) is 29.7 Å². The monoisotopic (exact) mass is 418 g/mol. The molecule has 4 rings (SSSR count). The zero-order valence-electron chi connectivity index (χ0n) is 15.8. The van der Waals surface area contributed by atoms with E-state index in [-0.39, 0.29) is 17.4 Å². The number of piperidine rings is 1. The topological polar surface area (TPSA) is 114 Å². The van der Waals surface area contributed by atoms with Gasteiger partial charge in [-0.2, -0.15) is 0 Å². The van der Waals surface area contributed by atoms with Crippen molar-refractivity contribution >= 4 is 28.3 Å². The largest absolute Gasteiger partial charge is 0.347 e. The summed E-state index contributed by atoms with van der Waals surface area (Å²) in [6.45, 7) is 2.52. The summed E-state index contributed by atoms with van der Waals surface area (Å²) in [7, 11) is 0.